The van der Waals surface area contributed by atoms with Crippen molar-refractivity contribution >= 4 is 44.5 Å². The number of benzene rings is 5. The lowest BCUT2D eigenvalue weighted by Crippen LogP contribution is -1.97. The lowest BCUT2D eigenvalue weighted by atomic mass is 10.00. The molecule has 0 radical (unpaired) electrons. The molecule has 47 heavy (non-hydrogen) atoms. The van der Waals surface area contributed by atoms with Gasteiger partial charge in [0, 0.05) is 40.8 Å². The number of rotatable bonds is 10. The molecule has 0 unspecified atom stereocenters. The Morgan fingerprint density at radius 1 is 0.787 bits per heavy atom. The van der Waals surface area contributed by atoms with Crippen LogP contribution in [-0.2, 0) is 6.42 Å². The van der Waals surface area contributed by atoms with E-state index in [2.05, 4.69) is 131 Å². The van der Waals surface area contributed by atoms with Gasteiger partial charge in [0.2, 0.25) is 0 Å². The van der Waals surface area contributed by atoms with Crippen LogP contribution in [0, 0.1) is 0 Å². The van der Waals surface area contributed by atoms with Crippen LogP contribution in [0.4, 0.5) is 0 Å². The Hall–Kier alpha value is -5.87. The Balaban J connectivity index is 1.42. The molecular weight excluding hydrogens is 573 g/mol. The highest BCUT2D eigenvalue weighted by molar-refractivity contribution is 6.19. The monoisotopic (exact) mass is 612 g/mol. The normalized spacial score (nSPS) is 13.1. The molecule has 0 aliphatic carbocycles. The van der Waals surface area contributed by atoms with Crippen molar-refractivity contribution in [3.63, 3.8) is 0 Å². The maximum atomic E-state index is 6.55. The van der Waals surface area contributed by atoms with Crippen molar-refractivity contribution in [2.24, 2.45) is 16.5 Å². The zero-order valence-corrected chi connectivity index (χ0v) is 27.0. The predicted octanol–water partition coefficient (Wildman–Crippen LogP) is 10.1. The van der Waals surface area contributed by atoms with E-state index in [0.717, 1.165) is 40.7 Å². The fourth-order valence-corrected chi connectivity index (χ4v) is 6.10. The van der Waals surface area contributed by atoms with Crippen LogP contribution >= 0.6 is 0 Å². The summed E-state index contributed by atoms with van der Waals surface area (Å²) < 4.78 is 2.40. The number of aliphatic imine (C=N–C) groups is 1. The largest absolute Gasteiger partial charge is 0.405 e. The third-order valence-corrected chi connectivity index (χ3v) is 8.55. The summed E-state index contributed by atoms with van der Waals surface area (Å²) >= 11 is 0. The highest BCUT2D eigenvalue weighted by Crippen LogP contribution is 2.38. The lowest BCUT2D eigenvalue weighted by molar-refractivity contribution is 1.19. The van der Waals surface area contributed by atoms with E-state index in [4.69, 9.17) is 11.5 Å². The van der Waals surface area contributed by atoms with Gasteiger partial charge in [-0.05, 0) is 102 Å². The van der Waals surface area contributed by atoms with Gasteiger partial charge in [-0.15, -0.1) is 0 Å². The fourth-order valence-electron chi connectivity index (χ4n) is 6.10. The van der Waals surface area contributed by atoms with Gasteiger partial charge < -0.3 is 16.0 Å². The summed E-state index contributed by atoms with van der Waals surface area (Å²) in [7, 11) is 1.78. The first-order valence-corrected chi connectivity index (χ1v) is 16.0. The number of hydrogen-bond donors (Lipinski definition) is 2. The topological polar surface area (TPSA) is 69.3 Å². The van der Waals surface area contributed by atoms with Gasteiger partial charge in [0.05, 0.1) is 11.0 Å². The molecule has 0 spiro atoms. The molecule has 232 valence electrons. The van der Waals surface area contributed by atoms with Crippen molar-refractivity contribution in [2.75, 3.05) is 7.05 Å². The minimum atomic E-state index is 0.727. The Kier molecular flexibility index (Phi) is 9.59. The summed E-state index contributed by atoms with van der Waals surface area (Å²) in [4.78, 5) is 4.01. The molecular formula is C43H40N4. The molecule has 6 aromatic rings. The number of nitrogens with zero attached hydrogens (tertiary/aromatic N) is 2. The molecule has 1 heterocycles. The SMILES string of the molecule is C/C=C(\C=C/N)C/C=C\C=C(/N)c1ccc2c(ccc3c4ccc(-c5ccc(C/C=C\C=NC)cc5)cc4n(-c4ccccc4)c23)c1. The second kappa shape index (κ2) is 14.5. The van der Waals surface area contributed by atoms with E-state index < -0.39 is 0 Å². The van der Waals surface area contributed by atoms with Gasteiger partial charge in [0.15, 0.2) is 0 Å². The molecule has 0 saturated heterocycles. The van der Waals surface area contributed by atoms with Gasteiger partial charge in [-0.3, -0.25) is 4.99 Å². The van der Waals surface area contributed by atoms with Gasteiger partial charge in [-0.1, -0.05) is 103 Å². The molecule has 1 aromatic heterocycles. The van der Waals surface area contributed by atoms with Crippen molar-refractivity contribution in [3.05, 3.63) is 169 Å². The molecule has 0 bridgehead atoms. The third kappa shape index (κ3) is 6.73. The molecule has 4 heteroatoms. The number of fused-ring (bicyclic) bond motifs is 5. The Morgan fingerprint density at radius 3 is 2.32 bits per heavy atom. The summed E-state index contributed by atoms with van der Waals surface area (Å²) in [5.74, 6) is 0. The van der Waals surface area contributed by atoms with Gasteiger partial charge in [-0.2, -0.15) is 0 Å². The van der Waals surface area contributed by atoms with Crippen molar-refractivity contribution < 1.29 is 0 Å². The third-order valence-electron chi connectivity index (χ3n) is 8.55. The minimum Gasteiger partial charge on any atom is -0.405 e. The van der Waals surface area contributed by atoms with Crippen molar-refractivity contribution in [1.29, 1.82) is 0 Å². The minimum absolute atomic E-state index is 0.727. The second-order valence-corrected chi connectivity index (χ2v) is 11.5. The first-order valence-electron chi connectivity index (χ1n) is 16.0. The maximum Gasteiger partial charge on any atom is 0.0619 e. The molecule has 0 fully saturated rings. The smallest absolute Gasteiger partial charge is 0.0619 e. The number of para-hydroxylation sites is 1. The van der Waals surface area contributed by atoms with E-state index in [9.17, 15) is 0 Å². The van der Waals surface area contributed by atoms with Crippen LogP contribution in [0.15, 0.2) is 162 Å². The van der Waals surface area contributed by atoms with Gasteiger partial charge in [0.1, 0.15) is 0 Å². The quantitative estimate of drug-likeness (QED) is 0.119. The van der Waals surface area contributed by atoms with Gasteiger partial charge >= 0.3 is 0 Å². The second-order valence-electron chi connectivity index (χ2n) is 11.5. The first kappa shape index (κ1) is 31.1. The molecule has 0 saturated carbocycles. The molecule has 0 atom stereocenters. The van der Waals surface area contributed by atoms with Crippen LogP contribution < -0.4 is 11.5 Å². The zero-order chi connectivity index (χ0) is 32.6. The van der Waals surface area contributed by atoms with E-state index in [1.54, 1.807) is 13.2 Å². The predicted molar refractivity (Wildman–Crippen MR) is 204 cm³/mol. The highest BCUT2D eigenvalue weighted by Gasteiger charge is 2.16. The molecule has 6 rings (SSSR count). The van der Waals surface area contributed by atoms with Crippen LogP contribution in [-0.4, -0.2) is 17.8 Å². The fraction of sp³-hybridized carbons (Fsp3) is 0.0930. The van der Waals surface area contributed by atoms with E-state index in [0.29, 0.717) is 0 Å². The van der Waals surface area contributed by atoms with E-state index >= 15 is 0 Å². The van der Waals surface area contributed by atoms with Crippen LogP contribution in [0.2, 0.25) is 0 Å². The number of aromatic nitrogens is 1. The van der Waals surface area contributed by atoms with Crippen LogP contribution in [0.1, 0.15) is 24.5 Å². The Morgan fingerprint density at radius 2 is 1.55 bits per heavy atom. The first-order chi connectivity index (χ1) is 23.1. The molecule has 4 nitrogen and oxygen atoms in total. The molecule has 0 aliphatic rings. The average molecular weight is 613 g/mol. The zero-order valence-electron chi connectivity index (χ0n) is 27.0. The molecule has 4 N–H and O–H groups in total. The lowest BCUT2D eigenvalue weighted by Gasteiger charge is -2.11. The summed E-state index contributed by atoms with van der Waals surface area (Å²) in [5, 5.41) is 4.79. The summed E-state index contributed by atoms with van der Waals surface area (Å²) in [5.41, 5.74) is 22.2. The Labute approximate surface area is 277 Å². The summed E-state index contributed by atoms with van der Waals surface area (Å²) in [6.45, 7) is 2.01. The van der Waals surface area contributed by atoms with E-state index in [1.807, 2.05) is 37.4 Å². The van der Waals surface area contributed by atoms with E-state index in [1.165, 1.54) is 43.9 Å². The van der Waals surface area contributed by atoms with Gasteiger partial charge in [-0.25, -0.2) is 0 Å². The van der Waals surface area contributed by atoms with Crippen LogP contribution in [0.3, 0.4) is 0 Å². The van der Waals surface area contributed by atoms with Crippen molar-refractivity contribution in [2.45, 2.75) is 19.8 Å². The van der Waals surface area contributed by atoms with Crippen molar-refractivity contribution in [3.8, 4) is 16.8 Å². The van der Waals surface area contributed by atoms with Gasteiger partial charge in [0.25, 0.3) is 0 Å². The molecule has 0 amide bonds. The number of allylic oxidation sites excluding steroid dienone is 8. The Bertz CT molecular complexity index is 2210. The average Bonchev–Trinajstić information content (AvgIpc) is 3.45. The molecule has 0 aliphatic heterocycles. The number of hydrogen-bond acceptors (Lipinski definition) is 3. The summed E-state index contributed by atoms with van der Waals surface area (Å²) in [6.07, 6.45) is 19.2. The van der Waals surface area contributed by atoms with Crippen LogP contribution in [0.5, 0.6) is 0 Å². The van der Waals surface area contributed by atoms with Crippen molar-refractivity contribution in [1.82, 2.24) is 4.57 Å². The number of nitrogens with two attached hydrogens (primary N) is 2. The van der Waals surface area contributed by atoms with Crippen LogP contribution in [0.25, 0.3) is 55.1 Å². The summed E-state index contributed by atoms with van der Waals surface area (Å²) in [6, 6.07) is 37.3. The van der Waals surface area contributed by atoms with E-state index in [-0.39, 0.29) is 0 Å². The maximum absolute atomic E-state index is 6.55. The standard InChI is InChI=1S/C43H40N4/c1-3-31(26-27-44)11-7-8-15-41(45)36-22-23-38-35(29-36)21-25-40-39-24-20-34(33-18-16-32(17-19-33)12-9-10-28-46-2)30-42(39)47(43(38)40)37-13-5-4-6-14-37/h3-10,13-30H,11-12,44-45H2,1-2H3/b8-7-,10-9-,27-26-,31-3-,41-15-,46-28?. The molecule has 5 aromatic carbocycles. The highest BCUT2D eigenvalue weighted by atomic mass is 15.0.